The summed E-state index contributed by atoms with van der Waals surface area (Å²) in [6.45, 7) is 27.8. The van der Waals surface area contributed by atoms with Gasteiger partial charge in [-0.15, -0.1) is 13.2 Å². The van der Waals surface area contributed by atoms with E-state index in [1.165, 1.54) is 28.3 Å². The van der Waals surface area contributed by atoms with E-state index in [9.17, 15) is 0 Å². The molecule has 1 unspecified atom stereocenters. The number of para-hydroxylation sites is 2. The lowest BCUT2D eigenvalue weighted by Gasteiger charge is -2.40. The maximum atomic E-state index is 5.50. The molecule has 218 valence electrons. The summed E-state index contributed by atoms with van der Waals surface area (Å²) in [6, 6.07) is 19.6. The monoisotopic (exact) mass is 542 g/mol. The van der Waals surface area contributed by atoms with Crippen LogP contribution in [-0.4, -0.2) is 16.1 Å². The number of hydrogen-bond acceptors (Lipinski definition) is 4. The maximum absolute atomic E-state index is 5.50. The van der Waals surface area contributed by atoms with Gasteiger partial charge in [0.15, 0.2) is 11.6 Å². The summed E-state index contributed by atoms with van der Waals surface area (Å²) in [6.07, 6.45) is 5.53. The van der Waals surface area contributed by atoms with Crippen LogP contribution in [0.2, 0.25) is 0 Å². The molecule has 0 spiro atoms. The lowest BCUT2D eigenvalue weighted by Crippen LogP contribution is -2.38. The minimum atomic E-state index is 0.0172. The first-order valence-corrected chi connectivity index (χ1v) is 15.4. The summed E-state index contributed by atoms with van der Waals surface area (Å²) in [5, 5.41) is 0. The molecule has 40 heavy (non-hydrogen) atoms. The van der Waals surface area contributed by atoms with Gasteiger partial charge in [-0.3, -0.25) is 0 Å². The summed E-state index contributed by atoms with van der Waals surface area (Å²) < 4.78 is 0. The van der Waals surface area contributed by atoms with E-state index in [2.05, 4.69) is 119 Å². The van der Waals surface area contributed by atoms with Crippen LogP contribution in [0.5, 0.6) is 0 Å². The second-order valence-corrected chi connectivity index (χ2v) is 11.2. The fourth-order valence-electron chi connectivity index (χ4n) is 5.69. The van der Waals surface area contributed by atoms with Gasteiger partial charge in [-0.25, -0.2) is 9.97 Å². The molecule has 5 rings (SSSR count). The van der Waals surface area contributed by atoms with Crippen molar-refractivity contribution in [1.82, 2.24) is 9.97 Å². The summed E-state index contributed by atoms with van der Waals surface area (Å²) in [4.78, 5) is 15.9. The van der Waals surface area contributed by atoms with Crippen molar-refractivity contribution in [3.63, 3.8) is 0 Å². The first-order chi connectivity index (χ1) is 19.3. The predicted molar refractivity (Wildman–Crippen MR) is 177 cm³/mol. The molecular weight excluding hydrogens is 488 g/mol. The fourth-order valence-corrected chi connectivity index (χ4v) is 5.69. The number of nitrogens with zero attached hydrogens (tertiary/aromatic N) is 4. The zero-order valence-corrected chi connectivity index (χ0v) is 27.0. The van der Waals surface area contributed by atoms with Gasteiger partial charge in [-0.05, 0) is 49.4 Å². The predicted octanol–water partition coefficient (Wildman–Crippen LogP) is 10.7. The first-order valence-electron chi connectivity index (χ1n) is 15.4. The van der Waals surface area contributed by atoms with Crippen LogP contribution < -0.4 is 9.80 Å². The summed E-state index contributed by atoms with van der Waals surface area (Å²) >= 11 is 0. The number of hydrogen-bond donors (Lipinski definition) is 0. The van der Waals surface area contributed by atoms with Gasteiger partial charge < -0.3 is 9.80 Å². The molecule has 0 radical (unpaired) electrons. The quantitative estimate of drug-likeness (QED) is 0.300. The number of rotatable bonds is 5. The van der Waals surface area contributed by atoms with Crippen LogP contribution >= 0.6 is 0 Å². The first kappa shape index (κ1) is 33.1. The molecule has 0 saturated heterocycles. The van der Waals surface area contributed by atoms with Gasteiger partial charge in [0.05, 0.1) is 11.4 Å². The molecule has 1 atom stereocenters. The molecule has 0 bridgehead atoms. The van der Waals surface area contributed by atoms with Crippen LogP contribution in [0.1, 0.15) is 112 Å². The largest absolute Gasteiger partial charge is 0.302 e. The third kappa shape index (κ3) is 6.27. The number of fused-ring (bicyclic) bond motifs is 2. The van der Waals surface area contributed by atoms with Crippen molar-refractivity contribution in [3.8, 4) is 0 Å². The fraction of sp³-hybridized carbons (Fsp3) is 0.500. The molecule has 2 aliphatic rings. The highest BCUT2D eigenvalue weighted by atomic mass is 15.5. The average Bonchev–Trinajstić information content (AvgIpc) is 3.32. The van der Waals surface area contributed by atoms with E-state index in [-0.39, 0.29) is 17.0 Å². The highest BCUT2D eigenvalue weighted by Gasteiger charge is 2.46. The Balaban J connectivity index is 0.000000876. The van der Waals surface area contributed by atoms with E-state index < -0.39 is 0 Å². The molecule has 0 N–H and O–H groups in total. The summed E-state index contributed by atoms with van der Waals surface area (Å²) in [5.74, 6) is 2.00. The van der Waals surface area contributed by atoms with Gasteiger partial charge >= 0.3 is 0 Å². The standard InChI is InChI=1S/C30H38N4.2C2H6.C2H4/c1-7-14-21-15-12-13-18-23(21)34-24(8-2)33(22-16-10-9-11-17-22)27-28(34)32-26-25(31-27)29(3,4)19-20-30(26,5)6;3*1-2/h9-13,15-18,24H,7-8,14,19-20H2,1-6H3;2*1-2H3;1-2H2. The molecule has 2 heterocycles. The molecule has 1 aliphatic heterocycles. The zero-order valence-electron chi connectivity index (χ0n) is 27.0. The van der Waals surface area contributed by atoms with Crippen molar-refractivity contribution in [1.29, 1.82) is 0 Å². The maximum Gasteiger partial charge on any atom is 0.178 e. The van der Waals surface area contributed by atoms with E-state index in [0.717, 1.165) is 43.7 Å². The van der Waals surface area contributed by atoms with Crippen molar-refractivity contribution in [2.75, 3.05) is 9.80 Å². The second kappa shape index (κ2) is 14.5. The number of aryl methyl sites for hydroxylation is 1. The van der Waals surface area contributed by atoms with Gasteiger partial charge in [0, 0.05) is 22.2 Å². The van der Waals surface area contributed by atoms with Crippen LogP contribution in [0.15, 0.2) is 67.8 Å². The van der Waals surface area contributed by atoms with Crippen LogP contribution in [0.3, 0.4) is 0 Å². The minimum absolute atomic E-state index is 0.0172. The smallest absolute Gasteiger partial charge is 0.178 e. The van der Waals surface area contributed by atoms with Gasteiger partial charge in [0.25, 0.3) is 0 Å². The molecule has 2 aromatic carbocycles. The zero-order chi connectivity index (χ0) is 30.1. The second-order valence-electron chi connectivity index (χ2n) is 11.2. The van der Waals surface area contributed by atoms with E-state index in [1.807, 2.05) is 27.7 Å². The Morgan fingerprint density at radius 2 is 1.20 bits per heavy atom. The minimum Gasteiger partial charge on any atom is -0.302 e. The van der Waals surface area contributed by atoms with E-state index in [4.69, 9.17) is 9.97 Å². The van der Waals surface area contributed by atoms with E-state index >= 15 is 0 Å². The van der Waals surface area contributed by atoms with Crippen molar-refractivity contribution < 1.29 is 0 Å². The van der Waals surface area contributed by atoms with Crippen molar-refractivity contribution in [2.45, 2.75) is 118 Å². The summed E-state index contributed by atoms with van der Waals surface area (Å²) in [7, 11) is 0. The summed E-state index contributed by atoms with van der Waals surface area (Å²) in [5.41, 5.74) is 6.19. The Bertz CT molecular complexity index is 1200. The Labute approximate surface area is 245 Å². The van der Waals surface area contributed by atoms with E-state index in [0.29, 0.717) is 0 Å². The number of anilines is 4. The topological polar surface area (TPSA) is 32.3 Å². The molecular formula is C36H54N4. The van der Waals surface area contributed by atoms with Crippen molar-refractivity contribution >= 4 is 23.0 Å². The van der Waals surface area contributed by atoms with Crippen molar-refractivity contribution in [2.24, 2.45) is 0 Å². The molecule has 0 amide bonds. The Kier molecular flexibility index (Phi) is 12.0. The van der Waals surface area contributed by atoms with Crippen LogP contribution in [-0.2, 0) is 17.3 Å². The Morgan fingerprint density at radius 3 is 1.70 bits per heavy atom. The van der Waals surface area contributed by atoms with Gasteiger partial charge in [-0.2, -0.15) is 0 Å². The van der Waals surface area contributed by atoms with Crippen LogP contribution in [0.4, 0.5) is 23.0 Å². The highest BCUT2D eigenvalue weighted by Crippen LogP contribution is 2.52. The van der Waals surface area contributed by atoms with Gasteiger partial charge in [0.1, 0.15) is 6.17 Å². The SMILES string of the molecule is C=C.CC.CC.CCCc1ccccc1N1c2nc3c(nc2N(c2ccccc2)C1CC)C(C)(C)CCC3(C)C. The molecule has 3 aromatic rings. The third-order valence-electron chi connectivity index (χ3n) is 7.74. The molecule has 4 nitrogen and oxygen atoms in total. The van der Waals surface area contributed by atoms with Gasteiger partial charge in [0.2, 0.25) is 0 Å². The normalized spacial score (nSPS) is 17.6. The lowest BCUT2D eigenvalue weighted by atomic mass is 9.67. The average molecular weight is 543 g/mol. The van der Waals surface area contributed by atoms with E-state index in [1.54, 1.807) is 0 Å². The lowest BCUT2D eigenvalue weighted by molar-refractivity contribution is 0.315. The van der Waals surface area contributed by atoms with Gasteiger partial charge in [-0.1, -0.05) is 112 Å². The van der Waals surface area contributed by atoms with Crippen LogP contribution in [0.25, 0.3) is 0 Å². The Morgan fingerprint density at radius 1 is 0.725 bits per heavy atom. The number of benzene rings is 2. The molecule has 0 fully saturated rings. The molecule has 1 aliphatic carbocycles. The van der Waals surface area contributed by atoms with Crippen molar-refractivity contribution in [3.05, 3.63) is 84.7 Å². The Hall–Kier alpha value is -3.14. The number of aromatic nitrogens is 2. The molecule has 4 heteroatoms. The third-order valence-corrected chi connectivity index (χ3v) is 7.74. The molecule has 1 aromatic heterocycles. The molecule has 0 saturated carbocycles. The highest BCUT2D eigenvalue weighted by molar-refractivity contribution is 5.84. The van der Waals surface area contributed by atoms with Crippen LogP contribution in [0, 0.1) is 0 Å².